The van der Waals surface area contributed by atoms with Crippen molar-refractivity contribution in [3.63, 3.8) is 0 Å². The van der Waals surface area contributed by atoms with Crippen molar-refractivity contribution in [3.05, 3.63) is 65.5 Å². The van der Waals surface area contributed by atoms with Crippen LogP contribution in [0.2, 0.25) is 0 Å². The Morgan fingerprint density at radius 3 is 2.23 bits per heavy atom. The van der Waals surface area contributed by atoms with Gasteiger partial charge in [-0.25, -0.2) is 4.39 Å². The maximum absolute atomic E-state index is 13.0. The van der Waals surface area contributed by atoms with Gasteiger partial charge in [-0.1, -0.05) is 17.7 Å². The SMILES string of the molecule is Cc1ccc(C(=O)NCC(=O)OCC(=O)N2CCN(c3ccc(F)cc3)CC2)cc1. The van der Waals surface area contributed by atoms with Gasteiger partial charge in [0, 0.05) is 37.4 Å². The minimum Gasteiger partial charge on any atom is -0.454 e. The van der Waals surface area contributed by atoms with Crippen molar-refractivity contribution in [1.29, 1.82) is 0 Å². The van der Waals surface area contributed by atoms with Crippen molar-refractivity contribution in [3.8, 4) is 0 Å². The molecular weight excluding hydrogens is 389 g/mol. The summed E-state index contributed by atoms with van der Waals surface area (Å²) in [5, 5.41) is 2.48. The van der Waals surface area contributed by atoms with Crippen LogP contribution < -0.4 is 10.2 Å². The Labute approximate surface area is 174 Å². The van der Waals surface area contributed by atoms with Crippen molar-refractivity contribution in [2.45, 2.75) is 6.92 Å². The van der Waals surface area contributed by atoms with E-state index < -0.39 is 5.97 Å². The van der Waals surface area contributed by atoms with E-state index in [1.54, 1.807) is 29.2 Å². The monoisotopic (exact) mass is 413 g/mol. The quantitative estimate of drug-likeness (QED) is 0.730. The average molecular weight is 413 g/mol. The molecule has 2 aromatic rings. The molecule has 0 unspecified atom stereocenters. The zero-order chi connectivity index (χ0) is 21.5. The third-order valence-electron chi connectivity index (χ3n) is 4.89. The van der Waals surface area contributed by atoms with Gasteiger partial charge in [-0.3, -0.25) is 14.4 Å². The molecule has 0 atom stereocenters. The van der Waals surface area contributed by atoms with Crippen LogP contribution in [0.4, 0.5) is 10.1 Å². The largest absolute Gasteiger partial charge is 0.454 e. The van der Waals surface area contributed by atoms with E-state index in [1.807, 2.05) is 19.1 Å². The van der Waals surface area contributed by atoms with E-state index in [2.05, 4.69) is 10.2 Å². The van der Waals surface area contributed by atoms with Gasteiger partial charge in [0.2, 0.25) is 0 Å². The molecule has 1 aliphatic heterocycles. The van der Waals surface area contributed by atoms with E-state index in [0.717, 1.165) is 11.3 Å². The second-order valence-electron chi connectivity index (χ2n) is 7.05. The van der Waals surface area contributed by atoms with E-state index in [4.69, 9.17) is 4.74 Å². The Bertz CT molecular complexity index is 892. The molecule has 158 valence electrons. The van der Waals surface area contributed by atoms with Gasteiger partial charge in [0.15, 0.2) is 6.61 Å². The van der Waals surface area contributed by atoms with Gasteiger partial charge in [-0.2, -0.15) is 0 Å². The highest BCUT2D eigenvalue weighted by Crippen LogP contribution is 2.17. The summed E-state index contributed by atoms with van der Waals surface area (Å²) in [6.45, 7) is 3.43. The predicted octanol–water partition coefficient (Wildman–Crippen LogP) is 1.76. The number of carbonyl (C=O) groups excluding carboxylic acids is 3. The van der Waals surface area contributed by atoms with E-state index in [-0.39, 0.29) is 30.8 Å². The van der Waals surface area contributed by atoms with Gasteiger partial charge in [0.25, 0.3) is 11.8 Å². The first-order valence-electron chi connectivity index (χ1n) is 9.71. The molecule has 2 aromatic carbocycles. The summed E-state index contributed by atoms with van der Waals surface area (Å²) in [6, 6.07) is 13.2. The number of nitrogens with zero attached hydrogens (tertiary/aromatic N) is 2. The van der Waals surface area contributed by atoms with Crippen LogP contribution in [-0.4, -0.2) is 62.0 Å². The molecule has 0 radical (unpaired) electrons. The third kappa shape index (κ3) is 5.79. The molecular formula is C22H24FN3O4. The Hall–Kier alpha value is -3.42. The highest BCUT2D eigenvalue weighted by molar-refractivity contribution is 5.96. The fourth-order valence-electron chi connectivity index (χ4n) is 3.11. The molecule has 0 bridgehead atoms. The van der Waals surface area contributed by atoms with Gasteiger partial charge in [-0.05, 0) is 43.3 Å². The fraction of sp³-hybridized carbons (Fsp3) is 0.318. The normalized spacial score (nSPS) is 13.7. The number of aryl methyl sites for hydroxylation is 1. The maximum Gasteiger partial charge on any atom is 0.325 e. The summed E-state index contributed by atoms with van der Waals surface area (Å²) >= 11 is 0. The van der Waals surface area contributed by atoms with Gasteiger partial charge in [0.1, 0.15) is 12.4 Å². The Balaban J connectivity index is 1.37. The molecule has 1 fully saturated rings. The molecule has 3 rings (SSSR count). The molecule has 2 amide bonds. The zero-order valence-electron chi connectivity index (χ0n) is 16.8. The first-order valence-corrected chi connectivity index (χ1v) is 9.71. The van der Waals surface area contributed by atoms with Crippen LogP contribution in [0, 0.1) is 12.7 Å². The summed E-state index contributed by atoms with van der Waals surface area (Å²) in [4.78, 5) is 39.8. The van der Waals surface area contributed by atoms with Gasteiger partial charge in [-0.15, -0.1) is 0 Å². The number of rotatable bonds is 6. The lowest BCUT2D eigenvalue weighted by atomic mass is 10.1. The molecule has 0 aromatic heterocycles. The zero-order valence-corrected chi connectivity index (χ0v) is 16.8. The van der Waals surface area contributed by atoms with E-state index >= 15 is 0 Å². The highest BCUT2D eigenvalue weighted by Gasteiger charge is 2.22. The minimum atomic E-state index is -0.672. The number of hydrogen-bond acceptors (Lipinski definition) is 5. The molecule has 8 heteroatoms. The van der Waals surface area contributed by atoms with Crippen LogP contribution in [-0.2, 0) is 14.3 Å². The number of piperazine rings is 1. The van der Waals surface area contributed by atoms with E-state index in [9.17, 15) is 18.8 Å². The lowest BCUT2D eigenvalue weighted by molar-refractivity contribution is -0.151. The van der Waals surface area contributed by atoms with Gasteiger partial charge < -0.3 is 19.9 Å². The lowest BCUT2D eigenvalue weighted by Crippen LogP contribution is -2.50. The second-order valence-corrected chi connectivity index (χ2v) is 7.05. The number of anilines is 1. The summed E-state index contributed by atoms with van der Waals surface area (Å²) in [6.07, 6.45) is 0. The average Bonchev–Trinajstić information content (AvgIpc) is 2.77. The molecule has 7 nitrogen and oxygen atoms in total. The number of nitrogens with one attached hydrogen (secondary N) is 1. The fourth-order valence-corrected chi connectivity index (χ4v) is 3.11. The number of halogens is 1. The Morgan fingerprint density at radius 2 is 1.60 bits per heavy atom. The summed E-state index contributed by atoms with van der Waals surface area (Å²) in [5.41, 5.74) is 2.38. The van der Waals surface area contributed by atoms with Crippen molar-refractivity contribution in [2.24, 2.45) is 0 Å². The third-order valence-corrected chi connectivity index (χ3v) is 4.89. The number of amides is 2. The van der Waals surface area contributed by atoms with E-state index in [0.29, 0.717) is 31.7 Å². The van der Waals surface area contributed by atoms with Crippen LogP contribution >= 0.6 is 0 Å². The van der Waals surface area contributed by atoms with Crippen LogP contribution in [0.3, 0.4) is 0 Å². The molecule has 1 heterocycles. The molecule has 1 aliphatic rings. The second kappa shape index (κ2) is 9.87. The topological polar surface area (TPSA) is 78.9 Å². The number of esters is 1. The molecule has 30 heavy (non-hydrogen) atoms. The van der Waals surface area contributed by atoms with E-state index in [1.165, 1.54) is 12.1 Å². The minimum absolute atomic E-state index is 0.285. The van der Waals surface area contributed by atoms with Crippen LogP contribution in [0.1, 0.15) is 15.9 Å². The van der Waals surface area contributed by atoms with Crippen LogP contribution in [0.15, 0.2) is 48.5 Å². The molecule has 0 aliphatic carbocycles. The van der Waals surface area contributed by atoms with Gasteiger partial charge >= 0.3 is 5.97 Å². The predicted molar refractivity (Wildman–Crippen MR) is 110 cm³/mol. The number of carbonyl (C=O) groups is 3. The lowest BCUT2D eigenvalue weighted by Gasteiger charge is -2.36. The summed E-state index contributed by atoms with van der Waals surface area (Å²) in [7, 11) is 0. The van der Waals surface area contributed by atoms with Crippen molar-refractivity contribution >= 4 is 23.5 Å². The molecule has 1 N–H and O–H groups in total. The first-order chi connectivity index (χ1) is 14.4. The number of ether oxygens (including phenoxy) is 1. The standard InChI is InChI=1S/C22H24FN3O4/c1-16-2-4-17(5-3-16)22(29)24-14-21(28)30-15-20(27)26-12-10-25(11-13-26)19-8-6-18(23)7-9-19/h2-9H,10-15H2,1H3,(H,24,29). The summed E-state index contributed by atoms with van der Waals surface area (Å²) in [5.74, 6) is -1.62. The van der Waals surface area contributed by atoms with Crippen molar-refractivity contribution in [2.75, 3.05) is 44.2 Å². The first kappa shape index (κ1) is 21.3. The maximum atomic E-state index is 13.0. The van der Waals surface area contributed by atoms with Gasteiger partial charge in [0.05, 0.1) is 0 Å². The molecule has 0 spiro atoms. The number of hydrogen-bond donors (Lipinski definition) is 1. The highest BCUT2D eigenvalue weighted by atomic mass is 19.1. The smallest absolute Gasteiger partial charge is 0.325 e. The van der Waals surface area contributed by atoms with Crippen LogP contribution in [0.5, 0.6) is 0 Å². The Morgan fingerprint density at radius 1 is 0.967 bits per heavy atom. The Kier molecular flexibility index (Phi) is 7.00. The summed E-state index contributed by atoms with van der Waals surface area (Å²) < 4.78 is 18.0. The van der Waals surface area contributed by atoms with Crippen LogP contribution in [0.25, 0.3) is 0 Å². The van der Waals surface area contributed by atoms with Crippen molar-refractivity contribution in [1.82, 2.24) is 10.2 Å². The molecule has 1 saturated heterocycles. The number of benzene rings is 2. The molecule has 0 saturated carbocycles. The van der Waals surface area contributed by atoms with Crippen molar-refractivity contribution < 1.29 is 23.5 Å².